The normalized spacial score (nSPS) is 22.8. The first-order valence-electron chi connectivity index (χ1n) is 6.96. The number of carbonyl (C=O) groups is 1. The maximum Gasteiger partial charge on any atom is 0.227 e. The van der Waals surface area contributed by atoms with Gasteiger partial charge in [-0.15, -0.1) is 0 Å². The minimum atomic E-state index is 0.104. The summed E-state index contributed by atoms with van der Waals surface area (Å²) in [6.45, 7) is 5.61. The molecule has 104 valence electrons. The summed E-state index contributed by atoms with van der Waals surface area (Å²) in [6.07, 6.45) is 1.80. The Labute approximate surface area is 114 Å². The highest BCUT2D eigenvalue weighted by atomic mass is 16.5. The number of rotatable bonds is 4. The van der Waals surface area contributed by atoms with Gasteiger partial charge in [-0.1, -0.05) is 6.07 Å². The van der Waals surface area contributed by atoms with Gasteiger partial charge in [0.15, 0.2) is 0 Å². The van der Waals surface area contributed by atoms with E-state index in [1.54, 1.807) is 0 Å². The van der Waals surface area contributed by atoms with Crippen molar-refractivity contribution in [3.05, 3.63) is 24.3 Å². The quantitative estimate of drug-likeness (QED) is 0.876. The molecule has 1 amide bonds. The van der Waals surface area contributed by atoms with E-state index in [2.05, 4.69) is 17.6 Å². The number of piperidine rings is 1. The molecule has 19 heavy (non-hydrogen) atoms. The minimum Gasteiger partial charge on any atom is -0.494 e. The largest absolute Gasteiger partial charge is 0.494 e. The highest BCUT2D eigenvalue weighted by molar-refractivity contribution is 5.92. The Morgan fingerprint density at radius 1 is 1.53 bits per heavy atom. The fourth-order valence-electron chi connectivity index (χ4n) is 2.44. The molecular weight excluding hydrogens is 240 g/mol. The van der Waals surface area contributed by atoms with E-state index in [0.717, 1.165) is 30.8 Å². The van der Waals surface area contributed by atoms with Gasteiger partial charge in [0.1, 0.15) is 5.75 Å². The molecule has 1 aliphatic heterocycles. The van der Waals surface area contributed by atoms with Crippen molar-refractivity contribution < 1.29 is 9.53 Å². The summed E-state index contributed by atoms with van der Waals surface area (Å²) >= 11 is 0. The molecule has 4 heteroatoms. The topological polar surface area (TPSA) is 50.4 Å². The molecule has 1 aliphatic rings. The van der Waals surface area contributed by atoms with Crippen LogP contribution in [0.5, 0.6) is 5.75 Å². The molecule has 0 bridgehead atoms. The van der Waals surface area contributed by atoms with Crippen molar-refractivity contribution in [3.63, 3.8) is 0 Å². The number of carbonyl (C=O) groups excluding carboxylic acids is 1. The van der Waals surface area contributed by atoms with E-state index in [1.807, 2.05) is 31.2 Å². The van der Waals surface area contributed by atoms with Crippen LogP contribution in [0.4, 0.5) is 5.69 Å². The zero-order valence-electron chi connectivity index (χ0n) is 11.6. The second-order valence-corrected chi connectivity index (χ2v) is 5.03. The lowest BCUT2D eigenvalue weighted by Gasteiger charge is -2.27. The molecule has 4 nitrogen and oxygen atoms in total. The maximum absolute atomic E-state index is 12.2. The van der Waals surface area contributed by atoms with Crippen LogP contribution in [0, 0.1) is 5.92 Å². The summed E-state index contributed by atoms with van der Waals surface area (Å²) in [5.74, 6) is 1.01. The molecule has 1 aromatic carbocycles. The number of benzene rings is 1. The lowest BCUT2D eigenvalue weighted by Crippen LogP contribution is -2.40. The van der Waals surface area contributed by atoms with Crippen LogP contribution in [-0.4, -0.2) is 25.1 Å². The molecule has 2 atom stereocenters. The van der Waals surface area contributed by atoms with Crippen molar-refractivity contribution in [2.45, 2.75) is 32.7 Å². The van der Waals surface area contributed by atoms with Crippen molar-refractivity contribution in [1.82, 2.24) is 5.32 Å². The van der Waals surface area contributed by atoms with Crippen molar-refractivity contribution in [2.75, 3.05) is 18.5 Å². The summed E-state index contributed by atoms with van der Waals surface area (Å²) in [6, 6.07) is 7.97. The van der Waals surface area contributed by atoms with E-state index in [1.165, 1.54) is 0 Å². The van der Waals surface area contributed by atoms with Gasteiger partial charge in [0.2, 0.25) is 5.91 Å². The molecule has 1 fully saturated rings. The molecule has 0 saturated carbocycles. The fourth-order valence-corrected chi connectivity index (χ4v) is 2.44. The third-order valence-electron chi connectivity index (χ3n) is 3.41. The van der Waals surface area contributed by atoms with Crippen LogP contribution in [0.3, 0.4) is 0 Å². The molecular formula is C15H22N2O2. The average Bonchev–Trinajstić information content (AvgIpc) is 2.39. The molecule has 0 aromatic heterocycles. The van der Waals surface area contributed by atoms with Crippen LogP contribution in [0.1, 0.15) is 26.7 Å². The number of ether oxygens (including phenoxy) is 1. The lowest BCUT2D eigenvalue weighted by atomic mass is 9.92. The third-order valence-corrected chi connectivity index (χ3v) is 3.41. The van der Waals surface area contributed by atoms with Gasteiger partial charge in [0.25, 0.3) is 0 Å². The summed E-state index contributed by atoms with van der Waals surface area (Å²) in [5.41, 5.74) is 0.808. The first-order valence-corrected chi connectivity index (χ1v) is 6.96. The molecule has 0 radical (unpaired) electrons. The van der Waals surface area contributed by atoms with Crippen LogP contribution in [0.25, 0.3) is 0 Å². The molecule has 0 aliphatic carbocycles. The molecule has 2 N–H and O–H groups in total. The Bertz CT molecular complexity index is 434. The molecule has 2 unspecified atom stereocenters. The van der Waals surface area contributed by atoms with Gasteiger partial charge in [0, 0.05) is 23.7 Å². The molecule has 2 rings (SSSR count). The summed E-state index contributed by atoms with van der Waals surface area (Å²) < 4.78 is 5.43. The van der Waals surface area contributed by atoms with Gasteiger partial charge >= 0.3 is 0 Å². The predicted molar refractivity (Wildman–Crippen MR) is 76.4 cm³/mol. The Kier molecular flexibility index (Phi) is 4.80. The van der Waals surface area contributed by atoms with Crippen LogP contribution < -0.4 is 15.4 Å². The highest BCUT2D eigenvalue weighted by Gasteiger charge is 2.24. The minimum absolute atomic E-state index is 0.104. The zero-order valence-corrected chi connectivity index (χ0v) is 11.6. The monoisotopic (exact) mass is 262 g/mol. The van der Waals surface area contributed by atoms with Gasteiger partial charge in [0.05, 0.1) is 6.61 Å². The van der Waals surface area contributed by atoms with Gasteiger partial charge in [-0.2, -0.15) is 0 Å². The molecule has 1 aromatic rings. The fraction of sp³-hybridized carbons (Fsp3) is 0.533. The van der Waals surface area contributed by atoms with Crippen LogP contribution in [0.15, 0.2) is 24.3 Å². The van der Waals surface area contributed by atoms with E-state index in [9.17, 15) is 4.79 Å². The van der Waals surface area contributed by atoms with Crippen LogP contribution >= 0.6 is 0 Å². The second-order valence-electron chi connectivity index (χ2n) is 5.03. The number of nitrogens with one attached hydrogen (secondary N) is 2. The SMILES string of the molecule is CCOc1cccc(NC(=O)C2CCNC(C)C2)c1. The number of hydrogen-bond acceptors (Lipinski definition) is 3. The number of hydrogen-bond donors (Lipinski definition) is 2. The highest BCUT2D eigenvalue weighted by Crippen LogP contribution is 2.21. The van der Waals surface area contributed by atoms with Crippen molar-refractivity contribution in [2.24, 2.45) is 5.92 Å². The zero-order chi connectivity index (χ0) is 13.7. The van der Waals surface area contributed by atoms with Crippen molar-refractivity contribution in [1.29, 1.82) is 0 Å². The maximum atomic E-state index is 12.2. The van der Waals surface area contributed by atoms with Crippen molar-refractivity contribution in [3.8, 4) is 5.75 Å². The Morgan fingerprint density at radius 3 is 3.11 bits per heavy atom. The van der Waals surface area contributed by atoms with E-state index < -0.39 is 0 Å². The van der Waals surface area contributed by atoms with Crippen molar-refractivity contribution >= 4 is 11.6 Å². The average molecular weight is 262 g/mol. The first kappa shape index (κ1) is 13.9. The summed E-state index contributed by atoms with van der Waals surface area (Å²) in [5, 5.41) is 6.34. The Hall–Kier alpha value is -1.55. The summed E-state index contributed by atoms with van der Waals surface area (Å²) in [7, 11) is 0. The third kappa shape index (κ3) is 3.96. The van der Waals surface area contributed by atoms with E-state index in [-0.39, 0.29) is 11.8 Å². The second kappa shape index (κ2) is 6.57. The first-order chi connectivity index (χ1) is 9.19. The van der Waals surface area contributed by atoms with E-state index in [0.29, 0.717) is 12.6 Å². The smallest absolute Gasteiger partial charge is 0.227 e. The Balaban J connectivity index is 1.96. The standard InChI is InChI=1S/C15H22N2O2/c1-3-19-14-6-4-5-13(10-14)17-15(18)12-7-8-16-11(2)9-12/h4-6,10-12,16H,3,7-9H2,1-2H3,(H,17,18). The molecule has 0 spiro atoms. The predicted octanol–water partition coefficient (Wildman–Crippen LogP) is 2.41. The summed E-state index contributed by atoms with van der Waals surface area (Å²) in [4.78, 5) is 12.2. The van der Waals surface area contributed by atoms with Gasteiger partial charge in [-0.05, 0) is 45.4 Å². The van der Waals surface area contributed by atoms with E-state index in [4.69, 9.17) is 4.74 Å². The van der Waals surface area contributed by atoms with Gasteiger partial charge in [-0.3, -0.25) is 4.79 Å². The van der Waals surface area contributed by atoms with Crippen LogP contribution in [0.2, 0.25) is 0 Å². The Morgan fingerprint density at radius 2 is 2.37 bits per heavy atom. The molecule has 1 heterocycles. The number of anilines is 1. The number of amides is 1. The van der Waals surface area contributed by atoms with Crippen LogP contribution in [-0.2, 0) is 4.79 Å². The van der Waals surface area contributed by atoms with Gasteiger partial charge in [-0.25, -0.2) is 0 Å². The molecule has 1 saturated heterocycles. The van der Waals surface area contributed by atoms with E-state index >= 15 is 0 Å². The van der Waals surface area contributed by atoms with Gasteiger partial charge < -0.3 is 15.4 Å². The lowest BCUT2D eigenvalue weighted by molar-refractivity contribution is -0.120.